The highest BCUT2D eigenvalue weighted by atomic mass is 16.5. The van der Waals surface area contributed by atoms with Gasteiger partial charge in [0, 0.05) is 18.9 Å². The van der Waals surface area contributed by atoms with Crippen molar-refractivity contribution >= 4 is 5.91 Å². The van der Waals surface area contributed by atoms with Gasteiger partial charge in [-0.05, 0) is 55.8 Å². The van der Waals surface area contributed by atoms with Crippen LogP contribution in [0.4, 0.5) is 0 Å². The zero-order valence-electron chi connectivity index (χ0n) is 15.2. The molecule has 25 heavy (non-hydrogen) atoms. The van der Waals surface area contributed by atoms with Crippen molar-refractivity contribution in [3.63, 3.8) is 0 Å². The Hall–Kier alpha value is -1.39. The molecular weight excluding hydrogens is 312 g/mol. The van der Waals surface area contributed by atoms with E-state index in [1.54, 1.807) is 7.11 Å². The van der Waals surface area contributed by atoms with Crippen LogP contribution < -0.4 is 10.6 Å². The second-order valence-corrected chi connectivity index (χ2v) is 8.05. The number of carbonyl (C=O) groups is 1. The van der Waals surface area contributed by atoms with Gasteiger partial charge in [0.25, 0.3) is 0 Å². The van der Waals surface area contributed by atoms with Crippen molar-refractivity contribution in [3.8, 4) is 0 Å². The molecule has 1 saturated heterocycles. The van der Waals surface area contributed by atoms with Crippen molar-refractivity contribution in [3.05, 3.63) is 35.4 Å². The van der Waals surface area contributed by atoms with Crippen LogP contribution in [0.15, 0.2) is 24.3 Å². The van der Waals surface area contributed by atoms with E-state index in [1.165, 1.54) is 36.8 Å². The van der Waals surface area contributed by atoms with E-state index in [1.807, 2.05) is 0 Å². The van der Waals surface area contributed by atoms with Gasteiger partial charge in [0.2, 0.25) is 5.91 Å². The predicted molar refractivity (Wildman–Crippen MR) is 98.5 cm³/mol. The van der Waals surface area contributed by atoms with Gasteiger partial charge in [-0.25, -0.2) is 0 Å². The highest BCUT2D eigenvalue weighted by molar-refractivity contribution is 5.77. The molecule has 1 aromatic carbocycles. The molecule has 1 aromatic rings. The quantitative estimate of drug-likeness (QED) is 0.884. The van der Waals surface area contributed by atoms with Gasteiger partial charge in [0.15, 0.2) is 0 Å². The summed E-state index contributed by atoms with van der Waals surface area (Å²) in [4.78, 5) is 12.7. The lowest BCUT2D eigenvalue weighted by Gasteiger charge is -2.40. The van der Waals surface area contributed by atoms with Crippen molar-refractivity contribution in [1.29, 1.82) is 0 Å². The van der Waals surface area contributed by atoms with E-state index < -0.39 is 0 Å². The number of methoxy groups -OCH3 is 1. The zero-order chi connectivity index (χ0) is 17.3. The molecule has 1 spiro atoms. The van der Waals surface area contributed by atoms with Gasteiger partial charge in [-0.3, -0.25) is 4.79 Å². The lowest BCUT2D eigenvalue weighted by atomic mass is 9.72. The van der Waals surface area contributed by atoms with Crippen LogP contribution in [0.1, 0.15) is 62.1 Å². The number of hydrogen-bond acceptors (Lipinski definition) is 3. The second-order valence-electron chi connectivity index (χ2n) is 8.05. The first-order valence-electron chi connectivity index (χ1n) is 9.87. The molecule has 136 valence electrons. The first-order valence-corrected chi connectivity index (χ1v) is 9.87. The van der Waals surface area contributed by atoms with Crippen LogP contribution >= 0.6 is 0 Å². The Morgan fingerprint density at radius 3 is 2.68 bits per heavy atom. The fourth-order valence-electron chi connectivity index (χ4n) is 5.51. The Bertz CT molecular complexity index is 618. The van der Waals surface area contributed by atoms with E-state index in [4.69, 9.17) is 4.74 Å². The average Bonchev–Trinajstić information content (AvgIpc) is 3.22. The Morgan fingerprint density at radius 1 is 1.24 bits per heavy atom. The molecule has 0 unspecified atom stereocenters. The molecule has 4 nitrogen and oxygen atoms in total. The van der Waals surface area contributed by atoms with Crippen molar-refractivity contribution in [1.82, 2.24) is 10.6 Å². The maximum absolute atomic E-state index is 12.7. The molecular formula is C21H30N2O2. The van der Waals surface area contributed by atoms with E-state index >= 15 is 0 Å². The molecule has 1 aliphatic heterocycles. The van der Waals surface area contributed by atoms with Crippen LogP contribution in [0.5, 0.6) is 0 Å². The summed E-state index contributed by atoms with van der Waals surface area (Å²) in [6.07, 6.45) is 7.80. The van der Waals surface area contributed by atoms with E-state index in [-0.39, 0.29) is 23.5 Å². The van der Waals surface area contributed by atoms with Crippen molar-refractivity contribution in [2.45, 2.75) is 62.5 Å². The van der Waals surface area contributed by atoms with E-state index in [2.05, 4.69) is 34.9 Å². The molecule has 1 amide bonds. The SMILES string of the molecule is CO[C@@H]1[C@@H](NC(=O)CC2CCCC2)c2ccccc2C12CCNCC2. The molecule has 3 aliphatic rings. The van der Waals surface area contributed by atoms with E-state index in [0.717, 1.165) is 25.9 Å². The topological polar surface area (TPSA) is 50.4 Å². The van der Waals surface area contributed by atoms with Crippen LogP contribution in [0.2, 0.25) is 0 Å². The van der Waals surface area contributed by atoms with Gasteiger partial charge in [-0.15, -0.1) is 0 Å². The van der Waals surface area contributed by atoms with Gasteiger partial charge in [0.1, 0.15) is 0 Å². The minimum atomic E-state index is -0.0202. The summed E-state index contributed by atoms with van der Waals surface area (Å²) in [5, 5.41) is 6.82. The zero-order valence-corrected chi connectivity index (χ0v) is 15.2. The molecule has 0 radical (unpaired) electrons. The Kier molecular flexibility index (Phi) is 4.83. The Balaban J connectivity index is 1.59. The van der Waals surface area contributed by atoms with E-state index in [9.17, 15) is 4.79 Å². The van der Waals surface area contributed by atoms with Gasteiger partial charge < -0.3 is 15.4 Å². The summed E-state index contributed by atoms with van der Waals surface area (Å²) >= 11 is 0. The fraction of sp³-hybridized carbons (Fsp3) is 0.667. The highest BCUT2D eigenvalue weighted by Gasteiger charge is 2.53. The number of rotatable bonds is 4. The van der Waals surface area contributed by atoms with Crippen LogP contribution in [-0.4, -0.2) is 32.2 Å². The highest BCUT2D eigenvalue weighted by Crippen LogP contribution is 2.51. The average molecular weight is 342 g/mol. The molecule has 2 fully saturated rings. The number of ether oxygens (including phenoxy) is 1. The van der Waals surface area contributed by atoms with E-state index in [0.29, 0.717) is 12.3 Å². The minimum absolute atomic E-state index is 0.0202. The molecule has 2 atom stereocenters. The summed E-state index contributed by atoms with van der Waals surface area (Å²) in [6.45, 7) is 2.02. The molecule has 0 aromatic heterocycles. The smallest absolute Gasteiger partial charge is 0.220 e. The first-order chi connectivity index (χ1) is 12.2. The largest absolute Gasteiger partial charge is 0.378 e. The van der Waals surface area contributed by atoms with Crippen molar-refractivity contribution in [2.24, 2.45) is 5.92 Å². The van der Waals surface area contributed by atoms with Gasteiger partial charge in [-0.2, -0.15) is 0 Å². The first kappa shape index (κ1) is 17.0. The number of hydrogen-bond donors (Lipinski definition) is 2. The fourth-order valence-corrected chi connectivity index (χ4v) is 5.51. The number of benzene rings is 1. The molecule has 4 heteroatoms. The molecule has 4 rings (SSSR count). The number of nitrogens with one attached hydrogen (secondary N) is 2. The van der Waals surface area contributed by atoms with Gasteiger partial charge in [-0.1, -0.05) is 37.1 Å². The predicted octanol–water partition coefficient (Wildman–Crippen LogP) is 3.07. The monoisotopic (exact) mass is 342 g/mol. The Morgan fingerprint density at radius 2 is 1.96 bits per heavy atom. The summed E-state index contributed by atoms with van der Waals surface area (Å²) in [6, 6.07) is 8.61. The summed E-state index contributed by atoms with van der Waals surface area (Å²) < 4.78 is 6.03. The van der Waals surface area contributed by atoms with Crippen molar-refractivity contribution in [2.75, 3.05) is 20.2 Å². The third kappa shape index (κ3) is 3.00. The number of piperidine rings is 1. The minimum Gasteiger partial charge on any atom is -0.378 e. The standard InChI is InChI=1S/C21H30N2O2/c1-25-20-19(23-18(24)14-15-6-2-3-7-15)16-8-4-5-9-17(16)21(20)10-12-22-13-11-21/h4-5,8-9,15,19-20,22H,2-3,6-7,10-14H2,1H3,(H,23,24)/t19-,20+/m0/s1. The Labute approximate surface area is 150 Å². The van der Waals surface area contributed by atoms with Crippen molar-refractivity contribution < 1.29 is 9.53 Å². The number of carbonyl (C=O) groups excluding carboxylic acids is 1. The molecule has 0 bridgehead atoms. The maximum Gasteiger partial charge on any atom is 0.220 e. The summed E-state index contributed by atoms with van der Waals surface area (Å²) in [7, 11) is 1.80. The third-order valence-corrected chi connectivity index (χ3v) is 6.69. The molecule has 2 aliphatic carbocycles. The maximum atomic E-state index is 12.7. The van der Waals surface area contributed by atoms with Gasteiger partial charge >= 0.3 is 0 Å². The second kappa shape index (κ2) is 7.08. The number of fused-ring (bicyclic) bond motifs is 2. The van der Waals surface area contributed by atoms with Crippen LogP contribution in [0.25, 0.3) is 0 Å². The molecule has 2 N–H and O–H groups in total. The van der Waals surface area contributed by atoms with Crippen LogP contribution in [0, 0.1) is 5.92 Å². The van der Waals surface area contributed by atoms with Gasteiger partial charge in [0.05, 0.1) is 12.1 Å². The lowest BCUT2D eigenvalue weighted by molar-refractivity contribution is -0.124. The van der Waals surface area contributed by atoms with Crippen LogP contribution in [0.3, 0.4) is 0 Å². The lowest BCUT2D eigenvalue weighted by Crippen LogP contribution is -2.49. The number of amides is 1. The summed E-state index contributed by atoms with van der Waals surface area (Å²) in [5.41, 5.74) is 2.67. The molecule has 1 saturated carbocycles. The molecule has 1 heterocycles. The summed E-state index contributed by atoms with van der Waals surface area (Å²) in [5.74, 6) is 0.769. The third-order valence-electron chi connectivity index (χ3n) is 6.69. The normalized spacial score (nSPS) is 28.2. The van der Waals surface area contributed by atoms with Crippen LogP contribution in [-0.2, 0) is 14.9 Å².